The molecule has 0 spiro atoms. The lowest BCUT2D eigenvalue weighted by molar-refractivity contribution is -0.121. The molecule has 0 unspecified atom stereocenters. The summed E-state index contributed by atoms with van der Waals surface area (Å²) in [5.74, 6) is 0.857. The van der Waals surface area contributed by atoms with Crippen molar-refractivity contribution in [2.45, 2.75) is 20.0 Å². The number of rotatable bonds is 8. The highest BCUT2D eigenvalue weighted by Gasteiger charge is 2.31. The van der Waals surface area contributed by atoms with Gasteiger partial charge in [-0.15, -0.1) is 6.58 Å². The quantitative estimate of drug-likeness (QED) is 0.386. The third-order valence-electron chi connectivity index (χ3n) is 4.43. The highest BCUT2D eigenvalue weighted by atomic mass is 35.5. The predicted molar refractivity (Wildman–Crippen MR) is 121 cm³/mol. The van der Waals surface area contributed by atoms with Gasteiger partial charge in [-0.05, 0) is 54.9 Å². The molecule has 2 aromatic carbocycles. The summed E-state index contributed by atoms with van der Waals surface area (Å²) in [5.41, 5.74) is 2.48. The lowest BCUT2D eigenvalue weighted by Crippen LogP contribution is -2.22. The molecule has 1 saturated heterocycles. The zero-order valence-corrected chi connectivity index (χ0v) is 18.4. The van der Waals surface area contributed by atoms with Gasteiger partial charge in [0.15, 0.2) is 11.5 Å². The lowest BCUT2D eigenvalue weighted by atomic mass is 10.0. The number of thioether (sulfide) groups is 1. The van der Waals surface area contributed by atoms with Gasteiger partial charge < -0.3 is 9.47 Å². The SMILES string of the molecule is C=CCc1cc(/C=C2\SC(=O)N(C)C2=O)cc(OCC)c1OCc1ccccc1Cl. The summed E-state index contributed by atoms with van der Waals surface area (Å²) < 4.78 is 11.9. The molecule has 156 valence electrons. The first-order chi connectivity index (χ1) is 14.4. The highest BCUT2D eigenvalue weighted by molar-refractivity contribution is 8.18. The van der Waals surface area contributed by atoms with Crippen LogP contribution in [0.25, 0.3) is 6.08 Å². The maximum atomic E-state index is 12.2. The fourth-order valence-electron chi connectivity index (χ4n) is 2.96. The van der Waals surface area contributed by atoms with Crippen LogP contribution in [0.3, 0.4) is 0 Å². The first-order valence-electron chi connectivity index (χ1n) is 9.43. The van der Waals surface area contributed by atoms with Crippen LogP contribution in [0.15, 0.2) is 54.0 Å². The predicted octanol–water partition coefficient (Wildman–Crippen LogP) is 5.71. The van der Waals surface area contributed by atoms with E-state index in [9.17, 15) is 9.59 Å². The van der Waals surface area contributed by atoms with Crippen LogP contribution in [0.1, 0.15) is 23.6 Å². The van der Waals surface area contributed by atoms with Crippen molar-refractivity contribution in [3.05, 3.63) is 75.7 Å². The molecule has 1 heterocycles. The van der Waals surface area contributed by atoms with Gasteiger partial charge in [-0.25, -0.2) is 0 Å². The van der Waals surface area contributed by atoms with E-state index in [4.69, 9.17) is 21.1 Å². The summed E-state index contributed by atoms with van der Waals surface area (Å²) in [6.07, 6.45) is 4.02. The van der Waals surface area contributed by atoms with E-state index in [1.54, 1.807) is 12.2 Å². The van der Waals surface area contributed by atoms with E-state index in [1.165, 1.54) is 7.05 Å². The van der Waals surface area contributed by atoms with Crippen LogP contribution in [0.5, 0.6) is 11.5 Å². The van der Waals surface area contributed by atoms with Crippen LogP contribution >= 0.6 is 23.4 Å². The Balaban J connectivity index is 1.98. The number of allylic oxidation sites excluding steroid dienone is 1. The van der Waals surface area contributed by atoms with Crippen molar-refractivity contribution in [1.29, 1.82) is 0 Å². The molecule has 3 rings (SSSR count). The van der Waals surface area contributed by atoms with E-state index in [1.807, 2.05) is 43.3 Å². The summed E-state index contributed by atoms with van der Waals surface area (Å²) >= 11 is 7.17. The maximum Gasteiger partial charge on any atom is 0.293 e. The van der Waals surface area contributed by atoms with Gasteiger partial charge in [0.1, 0.15) is 6.61 Å². The van der Waals surface area contributed by atoms with E-state index in [0.29, 0.717) is 34.5 Å². The number of likely N-dealkylation sites (N-methyl/N-ethyl adjacent to an activating group) is 1. The molecule has 0 bridgehead atoms. The van der Waals surface area contributed by atoms with E-state index in [-0.39, 0.29) is 17.8 Å². The van der Waals surface area contributed by atoms with Crippen molar-refractivity contribution in [3.63, 3.8) is 0 Å². The topological polar surface area (TPSA) is 55.8 Å². The number of halogens is 1. The van der Waals surface area contributed by atoms with E-state index in [2.05, 4.69) is 6.58 Å². The monoisotopic (exact) mass is 443 g/mol. The second-order valence-corrected chi connectivity index (χ2v) is 7.95. The van der Waals surface area contributed by atoms with Crippen molar-refractivity contribution in [2.24, 2.45) is 0 Å². The fourth-order valence-corrected chi connectivity index (χ4v) is 3.98. The molecule has 0 atom stereocenters. The first kappa shape index (κ1) is 22.0. The molecule has 30 heavy (non-hydrogen) atoms. The summed E-state index contributed by atoms with van der Waals surface area (Å²) in [7, 11) is 1.47. The second-order valence-electron chi connectivity index (χ2n) is 6.55. The van der Waals surface area contributed by atoms with Gasteiger partial charge in [-0.1, -0.05) is 35.9 Å². The number of hydrogen-bond acceptors (Lipinski definition) is 5. The first-order valence-corrected chi connectivity index (χ1v) is 10.6. The Morgan fingerprint density at radius 1 is 1.17 bits per heavy atom. The molecule has 1 aliphatic rings. The van der Waals surface area contributed by atoms with Crippen molar-refractivity contribution < 1.29 is 19.1 Å². The average molecular weight is 444 g/mol. The third kappa shape index (κ3) is 4.89. The maximum absolute atomic E-state index is 12.2. The van der Waals surface area contributed by atoms with Crippen LogP contribution in [0.2, 0.25) is 5.02 Å². The van der Waals surface area contributed by atoms with E-state index >= 15 is 0 Å². The minimum atomic E-state index is -0.313. The summed E-state index contributed by atoms with van der Waals surface area (Å²) in [6.45, 7) is 6.46. The molecule has 0 saturated carbocycles. The Morgan fingerprint density at radius 2 is 1.93 bits per heavy atom. The fraction of sp³-hybridized carbons (Fsp3) is 0.217. The zero-order valence-electron chi connectivity index (χ0n) is 16.8. The smallest absolute Gasteiger partial charge is 0.293 e. The minimum absolute atomic E-state index is 0.290. The standard InChI is InChI=1S/C23H22ClNO4S/c1-4-8-16-11-15(13-20-22(26)25(3)23(27)30-20)12-19(28-5-2)21(16)29-14-17-9-6-7-10-18(17)24/h4,6-7,9-13H,1,5,8,14H2,2-3H3/b20-13-. The van der Waals surface area contributed by atoms with Crippen molar-refractivity contribution in [3.8, 4) is 11.5 Å². The Morgan fingerprint density at radius 3 is 2.57 bits per heavy atom. The van der Waals surface area contributed by atoms with Gasteiger partial charge in [0.2, 0.25) is 0 Å². The molecule has 1 aliphatic heterocycles. The van der Waals surface area contributed by atoms with Crippen molar-refractivity contribution >= 4 is 40.6 Å². The Kier molecular flexibility index (Phi) is 7.24. The molecule has 2 amide bonds. The molecule has 0 aliphatic carbocycles. The van der Waals surface area contributed by atoms with Gasteiger partial charge in [-0.2, -0.15) is 0 Å². The van der Waals surface area contributed by atoms with Gasteiger partial charge in [0, 0.05) is 23.2 Å². The molecule has 0 aromatic heterocycles. The average Bonchev–Trinajstić information content (AvgIpc) is 2.95. The largest absolute Gasteiger partial charge is 0.490 e. The zero-order chi connectivity index (χ0) is 21.7. The molecule has 7 heteroatoms. The van der Waals surface area contributed by atoms with Crippen molar-refractivity contribution in [1.82, 2.24) is 4.90 Å². The number of imide groups is 1. The Hall–Kier alpha value is -2.70. The van der Waals surface area contributed by atoms with Crippen LogP contribution in [-0.2, 0) is 17.8 Å². The van der Waals surface area contributed by atoms with E-state index < -0.39 is 0 Å². The molecule has 0 N–H and O–H groups in total. The minimum Gasteiger partial charge on any atom is -0.490 e. The molecule has 2 aromatic rings. The molecular formula is C23H22ClNO4S. The van der Waals surface area contributed by atoms with Gasteiger partial charge >= 0.3 is 0 Å². The van der Waals surface area contributed by atoms with Gasteiger partial charge in [-0.3, -0.25) is 14.5 Å². The van der Waals surface area contributed by atoms with Crippen LogP contribution < -0.4 is 9.47 Å². The second kappa shape index (κ2) is 9.87. The van der Waals surface area contributed by atoms with Crippen LogP contribution in [0, 0.1) is 0 Å². The lowest BCUT2D eigenvalue weighted by Gasteiger charge is -2.17. The number of benzene rings is 2. The van der Waals surface area contributed by atoms with Gasteiger partial charge in [0.25, 0.3) is 11.1 Å². The van der Waals surface area contributed by atoms with Gasteiger partial charge in [0.05, 0.1) is 11.5 Å². The number of carbonyl (C=O) groups is 2. The summed E-state index contributed by atoms with van der Waals surface area (Å²) in [6, 6.07) is 11.2. The van der Waals surface area contributed by atoms with E-state index in [0.717, 1.165) is 33.4 Å². The third-order valence-corrected chi connectivity index (χ3v) is 5.76. The number of carbonyl (C=O) groups excluding carboxylic acids is 2. The van der Waals surface area contributed by atoms with Crippen LogP contribution in [-0.4, -0.2) is 29.7 Å². The number of ether oxygens (including phenoxy) is 2. The highest BCUT2D eigenvalue weighted by Crippen LogP contribution is 2.37. The summed E-state index contributed by atoms with van der Waals surface area (Å²) in [5, 5.41) is 0.343. The molecular weight excluding hydrogens is 422 g/mol. The van der Waals surface area contributed by atoms with Crippen LogP contribution in [0.4, 0.5) is 4.79 Å². The molecule has 0 radical (unpaired) electrons. The van der Waals surface area contributed by atoms with Crippen molar-refractivity contribution in [2.75, 3.05) is 13.7 Å². The normalized spacial score (nSPS) is 15.0. The Bertz CT molecular complexity index is 1020. The Labute approximate surface area is 185 Å². The molecule has 1 fully saturated rings. The number of nitrogens with zero attached hydrogens (tertiary/aromatic N) is 1. The number of hydrogen-bond donors (Lipinski definition) is 0. The number of amides is 2. The molecule has 5 nitrogen and oxygen atoms in total. The summed E-state index contributed by atoms with van der Waals surface area (Å²) in [4.78, 5) is 25.5.